The van der Waals surface area contributed by atoms with Crippen LogP contribution in [0.25, 0.3) is 0 Å². The predicted octanol–water partition coefficient (Wildman–Crippen LogP) is 3.25. The second kappa shape index (κ2) is 6.93. The minimum atomic E-state index is -0.521. The summed E-state index contributed by atoms with van der Waals surface area (Å²) in [6, 6.07) is 14.2. The van der Waals surface area contributed by atoms with Crippen molar-refractivity contribution in [1.29, 1.82) is 0 Å². The van der Waals surface area contributed by atoms with E-state index in [0.717, 1.165) is 5.56 Å². The maximum Gasteiger partial charge on any atom is 0.340 e. The molecule has 0 aliphatic carbocycles. The molecule has 0 bridgehead atoms. The van der Waals surface area contributed by atoms with E-state index in [1.807, 2.05) is 30.3 Å². The molecule has 0 saturated carbocycles. The zero-order valence-electron chi connectivity index (χ0n) is 10.7. The molecule has 0 heterocycles. The third-order valence-corrected chi connectivity index (χ3v) is 2.76. The Morgan fingerprint density at radius 2 is 1.90 bits per heavy atom. The molecule has 0 unspecified atom stereocenters. The summed E-state index contributed by atoms with van der Waals surface area (Å²) >= 11 is 5.82. The van der Waals surface area contributed by atoms with E-state index in [-0.39, 0.29) is 6.79 Å². The first kappa shape index (κ1) is 14.4. The van der Waals surface area contributed by atoms with Gasteiger partial charge in [0.05, 0.1) is 12.2 Å². The highest BCUT2D eigenvalue weighted by atomic mass is 35.5. The van der Waals surface area contributed by atoms with Crippen LogP contribution in [0.3, 0.4) is 0 Å². The number of nitrogen functional groups attached to an aromatic ring is 1. The van der Waals surface area contributed by atoms with Gasteiger partial charge in [-0.1, -0.05) is 41.9 Å². The van der Waals surface area contributed by atoms with Crippen molar-refractivity contribution in [3.05, 3.63) is 64.7 Å². The van der Waals surface area contributed by atoms with Gasteiger partial charge in [-0.3, -0.25) is 0 Å². The first-order valence-corrected chi connectivity index (χ1v) is 6.38. The minimum Gasteiger partial charge on any atom is -0.435 e. The van der Waals surface area contributed by atoms with Crippen LogP contribution in [0.1, 0.15) is 15.9 Å². The maximum absolute atomic E-state index is 11.7. The van der Waals surface area contributed by atoms with Crippen LogP contribution >= 0.6 is 11.6 Å². The molecule has 2 N–H and O–H groups in total. The number of halogens is 1. The summed E-state index contributed by atoms with van der Waals surface area (Å²) < 4.78 is 10.2. The Balaban J connectivity index is 1.80. The molecule has 0 aliphatic heterocycles. The molecule has 0 radical (unpaired) electrons. The highest BCUT2D eigenvalue weighted by molar-refractivity contribution is 6.31. The zero-order valence-corrected chi connectivity index (χ0v) is 11.5. The summed E-state index contributed by atoms with van der Waals surface area (Å²) in [5.41, 5.74) is 7.33. The smallest absolute Gasteiger partial charge is 0.340 e. The first-order chi connectivity index (χ1) is 9.65. The van der Waals surface area contributed by atoms with Gasteiger partial charge in [-0.15, -0.1) is 0 Å². The third-order valence-electron chi connectivity index (χ3n) is 2.54. The number of hydrogen-bond acceptors (Lipinski definition) is 4. The fourth-order valence-corrected chi connectivity index (χ4v) is 1.89. The van der Waals surface area contributed by atoms with Crippen LogP contribution in [0.15, 0.2) is 48.5 Å². The second-order valence-electron chi connectivity index (χ2n) is 4.16. The molecule has 2 aromatic carbocycles. The molecular weight excluding hydrogens is 278 g/mol. The number of rotatable bonds is 5. The van der Waals surface area contributed by atoms with Crippen LogP contribution in [0.2, 0.25) is 5.02 Å². The Morgan fingerprint density at radius 1 is 1.15 bits per heavy atom. The molecule has 0 aromatic heterocycles. The Bertz CT molecular complexity index is 567. The molecule has 4 nitrogen and oxygen atoms in total. The fourth-order valence-electron chi connectivity index (χ4n) is 1.64. The number of ether oxygens (including phenoxy) is 2. The van der Waals surface area contributed by atoms with Gasteiger partial charge in [0.15, 0.2) is 6.79 Å². The van der Waals surface area contributed by atoms with Crippen molar-refractivity contribution in [3.8, 4) is 0 Å². The largest absolute Gasteiger partial charge is 0.435 e. The van der Waals surface area contributed by atoms with Crippen LogP contribution in [0.4, 0.5) is 5.69 Å². The molecule has 0 saturated heterocycles. The van der Waals surface area contributed by atoms with Gasteiger partial charge in [-0.2, -0.15) is 0 Å². The van der Waals surface area contributed by atoms with Crippen LogP contribution in [0, 0.1) is 0 Å². The lowest BCUT2D eigenvalue weighted by molar-refractivity contribution is -0.0381. The van der Waals surface area contributed by atoms with Gasteiger partial charge in [-0.25, -0.2) is 4.79 Å². The van der Waals surface area contributed by atoms with Gasteiger partial charge in [0.1, 0.15) is 0 Å². The Hall–Kier alpha value is -2.04. The van der Waals surface area contributed by atoms with E-state index in [1.165, 1.54) is 12.1 Å². The van der Waals surface area contributed by atoms with Crippen molar-refractivity contribution in [2.45, 2.75) is 6.61 Å². The van der Waals surface area contributed by atoms with Crippen molar-refractivity contribution in [2.24, 2.45) is 0 Å². The minimum absolute atomic E-state index is 0.125. The maximum atomic E-state index is 11.7. The van der Waals surface area contributed by atoms with E-state index in [1.54, 1.807) is 6.07 Å². The summed E-state index contributed by atoms with van der Waals surface area (Å²) in [5, 5.41) is 0.391. The molecule has 0 fully saturated rings. The molecule has 0 atom stereocenters. The summed E-state index contributed by atoms with van der Waals surface area (Å²) in [5.74, 6) is -0.521. The number of hydrogen-bond donors (Lipinski definition) is 1. The molecule has 2 aromatic rings. The zero-order chi connectivity index (χ0) is 14.4. The molecule has 0 amide bonds. The van der Waals surface area contributed by atoms with Crippen LogP contribution < -0.4 is 5.73 Å². The lowest BCUT2D eigenvalue weighted by Crippen LogP contribution is -2.09. The quantitative estimate of drug-likeness (QED) is 0.397. The van der Waals surface area contributed by atoms with Crippen molar-refractivity contribution >= 4 is 23.3 Å². The molecule has 20 heavy (non-hydrogen) atoms. The number of carbonyl (C=O) groups is 1. The predicted molar refractivity (Wildman–Crippen MR) is 77.4 cm³/mol. The number of benzene rings is 2. The van der Waals surface area contributed by atoms with Gasteiger partial charge in [0, 0.05) is 10.7 Å². The average molecular weight is 292 g/mol. The van der Waals surface area contributed by atoms with Crippen molar-refractivity contribution in [2.75, 3.05) is 12.5 Å². The lowest BCUT2D eigenvalue weighted by atomic mass is 10.2. The van der Waals surface area contributed by atoms with Crippen molar-refractivity contribution < 1.29 is 14.3 Å². The van der Waals surface area contributed by atoms with E-state index in [2.05, 4.69) is 0 Å². The Morgan fingerprint density at radius 3 is 2.60 bits per heavy atom. The van der Waals surface area contributed by atoms with Crippen LogP contribution in [0.5, 0.6) is 0 Å². The summed E-state index contributed by atoms with van der Waals surface area (Å²) in [7, 11) is 0. The molecule has 104 valence electrons. The number of carbonyl (C=O) groups excluding carboxylic acids is 1. The highest BCUT2D eigenvalue weighted by Crippen LogP contribution is 2.17. The Labute approximate surface area is 122 Å². The van der Waals surface area contributed by atoms with Gasteiger partial charge in [0.2, 0.25) is 0 Å². The molecule has 5 heteroatoms. The summed E-state index contributed by atoms with van der Waals surface area (Å²) in [6.07, 6.45) is 0. The third kappa shape index (κ3) is 4.26. The van der Waals surface area contributed by atoms with Crippen LogP contribution in [-0.2, 0) is 16.1 Å². The average Bonchev–Trinajstić information content (AvgIpc) is 2.43. The lowest BCUT2D eigenvalue weighted by Gasteiger charge is -2.07. The SMILES string of the molecule is Nc1cc(Cl)cc(C(=O)OCOCc2ccccc2)c1. The Kier molecular flexibility index (Phi) is 4.98. The fraction of sp³-hybridized carbons (Fsp3) is 0.133. The van der Waals surface area contributed by atoms with Gasteiger partial charge >= 0.3 is 5.97 Å². The van der Waals surface area contributed by atoms with E-state index in [4.69, 9.17) is 26.8 Å². The number of anilines is 1. The second-order valence-corrected chi connectivity index (χ2v) is 4.59. The van der Waals surface area contributed by atoms with Gasteiger partial charge in [0.25, 0.3) is 0 Å². The normalized spacial score (nSPS) is 10.2. The number of nitrogens with two attached hydrogens (primary N) is 1. The van der Waals surface area contributed by atoms with Crippen LogP contribution in [-0.4, -0.2) is 12.8 Å². The standard InChI is InChI=1S/C15H14ClNO3/c16-13-6-12(7-14(17)8-13)15(18)20-10-19-9-11-4-2-1-3-5-11/h1-8H,9-10,17H2. The molecule has 0 spiro atoms. The van der Waals surface area contributed by atoms with Gasteiger partial charge in [-0.05, 0) is 23.8 Å². The van der Waals surface area contributed by atoms with E-state index >= 15 is 0 Å². The topological polar surface area (TPSA) is 61.6 Å². The van der Waals surface area contributed by atoms with Gasteiger partial charge < -0.3 is 15.2 Å². The van der Waals surface area contributed by atoms with E-state index in [0.29, 0.717) is 22.9 Å². The monoisotopic (exact) mass is 291 g/mol. The highest BCUT2D eigenvalue weighted by Gasteiger charge is 2.08. The van der Waals surface area contributed by atoms with Crippen molar-refractivity contribution in [3.63, 3.8) is 0 Å². The van der Waals surface area contributed by atoms with E-state index in [9.17, 15) is 4.79 Å². The van der Waals surface area contributed by atoms with E-state index < -0.39 is 5.97 Å². The first-order valence-electron chi connectivity index (χ1n) is 6.00. The molecule has 2 rings (SSSR count). The molecule has 0 aliphatic rings. The summed E-state index contributed by atoms with van der Waals surface area (Å²) in [6.45, 7) is 0.256. The molecular formula is C15H14ClNO3. The number of esters is 1. The summed E-state index contributed by atoms with van der Waals surface area (Å²) in [4.78, 5) is 11.7. The van der Waals surface area contributed by atoms with Crippen molar-refractivity contribution in [1.82, 2.24) is 0 Å².